The van der Waals surface area contributed by atoms with Crippen LogP contribution in [0, 0.1) is 20.8 Å². The van der Waals surface area contributed by atoms with Gasteiger partial charge in [0.2, 0.25) is 0 Å². The zero-order valence-electron chi connectivity index (χ0n) is 10.6. The Labute approximate surface area is 107 Å². The Kier molecular flexibility index (Phi) is 4.54. The molecule has 0 atom stereocenters. The zero-order chi connectivity index (χ0) is 12.3. The van der Waals surface area contributed by atoms with Crippen LogP contribution in [0.2, 0.25) is 0 Å². The standard InChI is InChI=1S/C13H19BrN2/c1-6-16(5)8-15-12-7-9(2)13(14)11(4)10(12)3/h7-8H,6H2,1-5H3/b15-8+. The van der Waals surface area contributed by atoms with Crippen LogP contribution in [0.15, 0.2) is 15.5 Å². The molecule has 0 saturated heterocycles. The second kappa shape index (κ2) is 5.48. The first-order chi connectivity index (χ1) is 7.47. The quantitative estimate of drug-likeness (QED) is 0.605. The molecule has 0 heterocycles. The van der Waals surface area contributed by atoms with E-state index in [0.29, 0.717) is 0 Å². The van der Waals surface area contributed by atoms with Crippen LogP contribution in [0.4, 0.5) is 5.69 Å². The molecule has 0 saturated carbocycles. The molecule has 16 heavy (non-hydrogen) atoms. The van der Waals surface area contributed by atoms with E-state index < -0.39 is 0 Å². The highest BCUT2D eigenvalue weighted by Gasteiger charge is 2.06. The molecule has 0 N–H and O–H groups in total. The van der Waals surface area contributed by atoms with Gasteiger partial charge in [-0.15, -0.1) is 0 Å². The summed E-state index contributed by atoms with van der Waals surface area (Å²) in [5.41, 5.74) is 4.79. The molecule has 0 bridgehead atoms. The lowest BCUT2D eigenvalue weighted by molar-refractivity contribution is 0.552. The molecular formula is C13H19BrN2. The van der Waals surface area contributed by atoms with Crippen molar-refractivity contribution in [3.63, 3.8) is 0 Å². The van der Waals surface area contributed by atoms with E-state index in [1.165, 1.54) is 21.2 Å². The maximum absolute atomic E-state index is 4.52. The minimum absolute atomic E-state index is 0.969. The molecule has 3 heteroatoms. The van der Waals surface area contributed by atoms with E-state index in [4.69, 9.17) is 0 Å². The van der Waals surface area contributed by atoms with Crippen molar-refractivity contribution in [1.29, 1.82) is 0 Å². The third-order valence-electron chi connectivity index (χ3n) is 2.87. The number of aryl methyl sites for hydroxylation is 1. The van der Waals surface area contributed by atoms with Crippen molar-refractivity contribution >= 4 is 28.0 Å². The second-order valence-corrected chi connectivity index (χ2v) is 4.89. The molecule has 88 valence electrons. The number of halogens is 1. The van der Waals surface area contributed by atoms with Gasteiger partial charge in [0, 0.05) is 18.1 Å². The molecule has 0 amide bonds. The van der Waals surface area contributed by atoms with Gasteiger partial charge in [-0.05, 0) is 50.5 Å². The molecule has 1 aromatic carbocycles. The highest BCUT2D eigenvalue weighted by atomic mass is 79.9. The van der Waals surface area contributed by atoms with Crippen molar-refractivity contribution in [2.24, 2.45) is 4.99 Å². The maximum Gasteiger partial charge on any atom is 0.0909 e. The van der Waals surface area contributed by atoms with Crippen LogP contribution >= 0.6 is 15.9 Å². The van der Waals surface area contributed by atoms with Gasteiger partial charge in [0.25, 0.3) is 0 Å². The maximum atomic E-state index is 4.52. The van der Waals surface area contributed by atoms with Gasteiger partial charge in [-0.1, -0.05) is 15.9 Å². The average molecular weight is 283 g/mol. The van der Waals surface area contributed by atoms with Gasteiger partial charge in [0.15, 0.2) is 0 Å². The van der Waals surface area contributed by atoms with E-state index >= 15 is 0 Å². The molecule has 0 aromatic heterocycles. The summed E-state index contributed by atoms with van der Waals surface area (Å²) in [6.45, 7) is 9.40. The average Bonchev–Trinajstić information content (AvgIpc) is 2.28. The summed E-state index contributed by atoms with van der Waals surface area (Å²) in [6, 6.07) is 2.12. The Bertz CT molecular complexity index is 411. The fourth-order valence-electron chi connectivity index (χ4n) is 1.41. The molecule has 0 aliphatic carbocycles. The summed E-state index contributed by atoms with van der Waals surface area (Å²) in [6.07, 6.45) is 1.88. The van der Waals surface area contributed by atoms with Crippen LogP contribution in [-0.4, -0.2) is 24.8 Å². The number of hydrogen-bond acceptors (Lipinski definition) is 1. The monoisotopic (exact) mass is 282 g/mol. The van der Waals surface area contributed by atoms with E-state index in [9.17, 15) is 0 Å². The van der Waals surface area contributed by atoms with Crippen molar-refractivity contribution in [1.82, 2.24) is 4.90 Å². The fraction of sp³-hybridized carbons (Fsp3) is 0.462. The Morgan fingerprint density at radius 2 is 1.94 bits per heavy atom. The SMILES string of the molecule is CCN(C)/C=N/c1cc(C)c(Br)c(C)c1C. The van der Waals surface area contributed by atoms with Crippen molar-refractivity contribution in [2.45, 2.75) is 27.7 Å². The number of nitrogens with zero attached hydrogens (tertiary/aromatic N) is 2. The number of hydrogen-bond donors (Lipinski definition) is 0. The summed E-state index contributed by atoms with van der Waals surface area (Å²) >= 11 is 3.60. The van der Waals surface area contributed by atoms with Crippen LogP contribution in [0.5, 0.6) is 0 Å². The normalized spacial score (nSPS) is 11.1. The van der Waals surface area contributed by atoms with Crippen molar-refractivity contribution in [3.05, 3.63) is 27.2 Å². The van der Waals surface area contributed by atoms with Crippen molar-refractivity contribution in [2.75, 3.05) is 13.6 Å². The van der Waals surface area contributed by atoms with Gasteiger partial charge in [-0.3, -0.25) is 0 Å². The topological polar surface area (TPSA) is 15.6 Å². The predicted molar refractivity (Wildman–Crippen MR) is 74.8 cm³/mol. The Balaban J connectivity index is 3.11. The van der Waals surface area contributed by atoms with Crippen molar-refractivity contribution < 1.29 is 0 Å². The summed E-state index contributed by atoms with van der Waals surface area (Å²) < 4.78 is 1.19. The highest BCUT2D eigenvalue weighted by molar-refractivity contribution is 9.10. The largest absolute Gasteiger partial charge is 0.366 e. The molecule has 0 radical (unpaired) electrons. The molecule has 1 aromatic rings. The molecule has 2 nitrogen and oxygen atoms in total. The Hall–Kier alpha value is -0.830. The van der Waals surface area contributed by atoms with Gasteiger partial charge >= 0.3 is 0 Å². The van der Waals surface area contributed by atoms with Gasteiger partial charge in [-0.2, -0.15) is 0 Å². The summed E-state index contributed by atoms with van der Waals surface area (Å²) in [5, 5.41) is 0. The predicted octanol–water partition coefficient (Wildman–Crippen LogP) is 3.99. The van der Waals surface area contributed by atoms with Gasteiger partial charge in [0.1, 0.15) is 0 Å². The Morgan fingerprint density at radius 1 is 1.31 bits per heavy atom. The summed E-state index contributed by atoms with van der Waals surface area (Å²) in [7, 11) is 2.03. The van der Waals surface area contributed by atoms with E-state index in [2.05, 4.69) is 59.6 Å². The molecule has 0 aliphatic heterocycles. The van der Waals surface area contributed by atoms with Crippen LogP contribution in [0.25, 0.3) is 0 Å². The van der Waals surface area contributed by atoms with E-state index in [1.54, 1.807) is 0 Å². The number of benzene rings is 1. The van der Waals surface area contributed by atoms with Gasteiger partial charge in [0.05, 0.1) is 12.0 Å². The summed E-state index contributed by atoms with van der Waals surface area (Å²) in [4.78, 5) is 6.58. The first-order valence-corrected chi connectivity index (χ1v) is 6.27. The Morgan fingerprint density at radius 3 is 2.50 bits per heavy atom. The summed E-state index contributed by atoms with van der Waals surface area (Å²) in [5.74, 6) is 0. The number of aliphatic imine (C=N–C) groups is 1. The molecule has 0 unspecified atom stereocenters. The van der Waals surface area contributed by atoms with Gasteiger partial charge < -0.3 is 4.90 Å². The van der Waals surface area contributed by atoms with E-state index in [0.717, 1.165) is 12.2 Å². The molecule has 0 fully saturated rings. The van der Waals surface area contributed by atoms with Crippen LogP contribution in [0.3, 0.4) is 0 Å². The van der Waals surface area contributed by atoms with Crippen LogP contribution in [0.1, 0.15) is 23.6 Å². The second-order valence-electron chi connectivity index (χ2n) is 4.09. The lowest BCUT2D eigenvalue weighted by Crippen LogP contribution is -2.14. The first-order valence-electron chi connectivity index (χ1n) is 5.48. The fourth-order valence-corrected chi connectivity index (χ4v) is 1.82. The molecule has 0 aliphatic rings. The highest BCUT2D eigenvalue weighted by Crippen LogP contribution is 2.31. The zero-order valence-corrected chi connectivity index (χ0v) is 12.2. The molecule has 0 spiro atoms. The number of rotatable bonds is 3. The van der Waals surface area contributed by atoms with Gasteiger partial charge in [-0.25, -0.2) is 4.99 Å². The first kappa shape index (κ1) is 13.2. The van der Waals surface area contributed by atoms with E-state index in [1.807, 2.05) is 13.4 Å². The lowest BCUT2D eigenvalue weighted by atomic mass is 10.0. The third-order valence-corrected chi connectivity index (χ3v) is 4.09. The van der Waals surface area contributed by atoms with E-state index in [-0.39, 0.29) is 0 Å². The van der Waals surface area contributed by atoms with Crippen LogP contribution < -0.4 is 0 Å². The molecular weight excluding hydrogens is 264 g/mol. The van der Waals surface area contributed by atoms with Crippen molar-refractivity contribution in [3.8, 4) is 0 Å². The minimum Gasteiger partial charge on any atom is -0.366 e. The molecule has 1 rings (SSSR count). The lowest BCUT2D eigenvalue weighted by Gasteiger charge is -2.12. The third kappa shape index (κ3) is 2.85. The minimum atomic E-state index is 0.969. The van der Waals surface area contributed by atoms with Crippen LogP contribution in [-0.2, 0) is 0 Å². The smallest absolute Gasteiger partial charge is 0.0909 e.